The Labute approximate surface area is 164 Å². The Morgan fingerprint density at radius 3 is 2.46 bits per heavy atom. The number of anilines is 1. The van der Waals surface area contributed by atoms with Gasteiger partial charge in [-0.3, -0.25) is 0 Å². The lowest BCUT2D eigenvalue weighted by atomic mass is 10.2. The molecule has 0 spiro atoms. The molecule has 0 aliphatic heterocycles. The normalized spacial score (nSPS) is 10.6. The molecular formula is C22H24FN3O2. The molecule has 0 aliphatic rings. The molecule has 0 fully saturated rings. The van der Waals surface area contributed by atoms with Crippen molar-refractivity contribution in [3.8, 4) is 11.8 Å². The molecule has 146 valence electrons. The molecule has 0 saturated carbocycles. The predicted octanol–water partition coefficient (Wildman–Crippen LogP) is 3.48. The van der Waals surface area contributed by atoms with Crippen LogP contribution < -0.4 is 5.32 Å². The lowest BCUT2D eigenvalue weighted by Gasteiger charge is -2.07. The third kappa shape index (κ3) is 5.32. The van der Waals surface area contributed by atoms with Crippen LogP contribution in [0.25, 0.3) is 11.0 Å². The van der Waals surface area contributed by atoms with Gasteiger partial charge < -0.3 is 19.4 Å². The van der Waals surface area contributed by atoms with Crippen LogP contribution in [-0.4, -0.2) is 49.7 Å². The third-order valence-corrected chi connectivity index (χ3v) is 4.20. The molecule has 1 aromatic heterocycles. The minimum atomic E-state index is -0.471. The summed E-state index contributed by atoms with van der Waals surface area (Å²) in [6.45, 7) is 1.61. The van der Waals surface area contributed by atoms with E-state index in [1.807, 2.05) is 55.6 Å². The lowest BCUT2D eigenvalue weighted by Crippen LogP contribution is -2.12. The Balaban J connectivity index is 1.71. The molecule has 5 nitrogen and oxygen atoms in total. The largest absolute Gasteiger partial charge is 0.388 e. The molecule has 2 aromatic carbocycles. The summed E-state index contributed by atoms with van der Waals surface area (Å²) in [5.74, 6) is 7.07. The summed E-state index contributed by atoms with van der Waals surface area (Å²) < 4.78 is 24.7. The molecule has 0 unspecified atom stereocenters. The Morgan fingerprint density at radius 1 is 0.964 bits per heavy atom. The Bertz CT molecular complexity index is 942. The van der Waals surface area contributed by atoms with E-state index in [1.54, 1.807) is 0 Å². The molecule has 0 saturated heterocycles. The number of hydrogen-bond donors (Lipinski definition) is 1. The van der Waals surface area contributed by atoms with Crippen molar-refractivity contribution in [3.05, 3.63) is 59.9 Å². The van der Waals surface area contributed by atoms with Crippen LogP contribution in [0.1, 0.15) is 11.4 Å². The molecule has 1 N–H and O–H groups in total. The number of nitrogens with zero attached hydrogens (tertiary/aromatic N) is 2. The molecule has 0 radical (unpaired) electrons. The van der Waals surface area contributed by atoms with Gasteiger partial charge in [0.05, 0.1) is 37.5 Å². The van der Waals surface area contributed by atoms with Gasteiger partial charge in [0, 0.05) is 24.8 Å². The fourth-order valence-electron chi connectivity index (χ4n) is 2.78. The van der Waals surface area contributed by atoms with Gasteiger partial charge in [0.15, 0.2) is 5.82 Å². The summed E-state index contributed by atoms with van der Waals surface area (Å²) >= 11 is 0. The quantitative estimate of drug-likeness (QED) is 0.455. The van der Waals surface area contributed by atoms with E-state index in [1.165, 1.54) is 0 Å². The van der Waals surface area contributed by atoms with Crippen molar-refractivity contribution in [1.29, 1.82) is 0 Å². The number of para-hydroxylation sites is 2. The zero-order valence-electron chi connectivity index (χ0n) is 16.0. The first-order chi connectivity index (χ1) is 13.8. The molecule has 0 atom stereocenters. The molecular weight excluding hydrogens is 357 g/mol. The molecule has 1 heterocycles. The van der Waals surface area contributed by atoms with Gasteiger partial charge in [-0.15, -0.1) is 0 Å². The summed E-state index contributed by atoms with van der Waals surface area (Å²) in [6, 6.07) is 15.9. The van der Waals surface area contributed by atoms with Gasteiger partial charge in [-0.25, -0.2) is 9.37 Å². The number of imidazole rings is 1. The van der Waals surface area contributed by atoms with Crippen molar-refractivity contribution in [2.75, 3.05) is 45.5 Å². The zero-order valence-corrected chi connectivity index (χ0v) is 16.0. The Hall–Kier alpha value is -2.88. The van der Waals surface area contributed by atoms with E-state index < -0.39 is 6.67 Å². The topological polar surface area (TPSA) is 48.3 Å². The number of alkyl halides is 1. The molecule has 0 aliphatic carbocycles. The number of aromatic nitrogens is 2. The highest BCUT2D eigenvalue weighted by Gasteiger charge is 2.08. The van der Waals surface area contributed by atoms with Gasteiger partial charge >= 0.3 is 0 Å². The van der Waals surface area contributed by atoms with E-state index in [0.717, 1.165) is 22.3 Å². The Kier molecular flexibility index (Phi) is 7.42. The van der Waals surface area contributed by atoms with Gasteiger partial charge in [0.25, 0.3) is 0 Å². The van der Waals surface area contributed by atoms with Crippen LogP contribution in [0.2, 0.25) is 0 Å². The van der Waals surface area contributed by atoms with Gasteiger partial charge in [0.2, 0.25) is 0 Å². The van der Waals surface area contributed by atoms with Gasteiger partial charge in [-0.2, -0.15) is 0 Å². The van der Waals surface area contributed by atoms with Crippen molar-refractivity contribution in [2.45, 2.75) is 6.54 Å². The van der Waals surface area contributed by atoms with E-state index in [4.69, 9.17) is 9.47 Å². The van der Waals surface area contributed by atoms with E-state index >= 15 is 0 Å². The number of benzene rings is 2. The number of nitrogens with one attached hydrogen (secondary N) is 1. The van der Waals surface area contributed by atoms with E-state index in [9.17, 15) is 4.39 Å². The van der Waals surface area contributed by atoms with E-state index in [-0.39, 0.29) is 6.61 Å². The average Bonchev–Trinajstić information content (AvgIpc) is 3.09. The second-order valence-electron chi connectivity index (χ2n) is 6.07. The maximum absolute atomic E-state index is 12.0. The maximum atomic E-state index is 12.0. The molecule has 28 heavy (non-hydrogen) atoms. The van der Waals surface area contributed by atoms with Crippen LogP contribution in [0.15, 0.2) is 48.5 Å². The number of halogens is 1. The van der Waals surface area contributed by atoms with Gasteiger partial charge in [0.1, 0.15) is 6.67 Å². The average molecular weight is 381 g/mol. The first-order valence-corrected chi connectivity index (χ1v) is 9.28. The number of ether oxygens (including phenoxy) is 2. The second-order valence-corrected chi connectivity index (χ2v) is 6.07. The zero-order chi connectivity index (χ0) is 19.6. The maximum Gasteiger partial charge on any atom is 0.186 e. The van der Waals surface area contributed by atoms with Crippen molar-refractivity contribution < 1.29 is 13.9 Å². The van der Waals surface area contributed by atoms with Crippen LogP contribution in [0, 0.1) is 11.8 Å². The lowest BCUT2D eigenvalue weighted by molar-refractivity contribution is 0.0404. The summed E-state index contributed by atoms with van der Waals surface area (Å²) in [5, 5.41) is 3.09. The SMILES string of the molecule is CNc1ccc(C#Cc2nc3ccccc3n2CCOCCOCCF)cc1. The smallest absolute Gasteiger partial charge is 0.186 e. The summed E-state index contributed by atoms with van der Waals surface area (Å²) in [6.07, 6.45) is 0. The molecule has 0 bridgehead atoms. The van der Waals surface area contributed by atoms with E-state index in [2.05, 4.69) is 26.7 Å². The molecule has 0 amide bonds. The minimum Gasteiger partial charge on any atom is -0.388 e. The number of rotatable bonds is 9. The van der Waals surface area contributed by atoms with Crippen LogP contribution in [0.4, 0.5) is 10.1 Å². The van der Waals surface area contributed by atoms with Crippen LogP contribution >= 0.6 is 0 Å². The monoisotopic (exact) mass is 381 g/mol. The highest BCUT2D eigenvalue weighted by atomic mass is 19.1. The van der Waals surface area contributed by atoms with Crippen LogP contribution in [-0.2, 0) is 16.0 Å². The third-order valence-electron chi connectivity index (χ3n) is 4.20. The second kappa shape index (κ2) is 10.5. The highest BCUT2D eigenvalue weighted by molar-refractivity contribution is 5.76. The minimum absolute atomic E-state index is 0.116. The summed E-state index contributed by atoms with van der Waals surface area (Å²) in [7, 11) is 1.89. The van der Waals surface area contributed by atoms with Gasteiger partial charge in [-0.05, 0) is 42.3 Å². The summed E-state index contributed by atoms with van der Waals surface area (Å²) in [4.78, 5) is 4.66. The fourth-order valence-corrected chi connectivity index (χ4v) is 2.78. The van der Waals surface area contributed by atoms with Gasteiger partial charge in [-0.1, -0.05) is 18.1 Å². The van der Waals surface area contributed by atoms with Crippen molar-refractivity contribution in [1.82, 2.24) is 9.55 Å². The first-order valence-electron chi connectivity index (χ1n) is 9.28. The number of fused-ring (bicyclic) bond motifs is 1. The molecule has 3 aromatic rings. The van der Waals surface area contributed by atoms with Crippen LogP contribution in [0.5, 0.6) is 0 Å². The standard InChI is InChI=1S/C22H24FN3O2/c1-24-19-9-6-18(7-10-19)8-11-22-25-20-4-2-3-5-21(20)26(22)13-15-28-17-16-27-14-12-23/h2-7,9-10,24H,12-17H2,1H3. The fraction of sp³-hybridized carbons (Fsp3) is 0.318. The predicted molar refractivity (Wildman–Crippen MR) is 109 cm³/mol. The Morgan fingerprint density at radius 2 is 1.71 bits per heavy atom. The van der Waals surface area contributed by atoms with E-state index in [0.29, 0.717) is 32.2 Å². The van der Waals surface area contributed by atoms with Crippen molar-refractivity contribution in [3.63, 3.8) is 0 Å². The molecule has 6 heteroatoms. The number of hydrogen-bond acceptors (Lipinski definition) is 4. The van der Waals surface area contributed by atoms with Crippen molar-refractivity contribution in [2.24, 2.45) is 0 Å². The summed E-state index contributed by atoms with van der Waals surface area (Å²) in [5.41, 5.74) is 3.91. The van der Waals surface area contributed by atoms with Crippen molar-refractivity contribution >= 4 is 16.7 Å². The highest BCUT2D eigenvalue weighted by Crippen LogP contribution is 2.16. The first kappa shape index (κ1) is 19.9. The molecule has 3 rings (SSSR count). The van der Waals surface area contributed by atoms with Crippen LogP contribution in [0.3, 0.4) is 0 Å².